The highest BCUT2D eigenvalue weighted by atomic mass is 32.1. The molecule has 1 aromatic heterocycles. The first-order valence-corrected chi connectivity index (χ1v) is 13.0. The van der Waals surface area contributed by atoms with E-state index in [9.17, 15) is 10.1 Å². The van der Waals surface area contributed by atoms with E-state index in [2.05, 4.69) is 34.6 Å². The maximum absolute atomic E-state index is 12.8. The van der Waals surface area contributed by atoms with Crippen molar-refractivity contribution in [2.75, 3.05) is 11.9 Å². The van der Waals surface area contributed by atoms with Gasteiger partial charge in [-0.2, -0.15) is 5.26 Å². The Morgan fingerprint density at radius 3 is 2.43 bits per heavy atom. The molecule has 1 atom stereocenters. The van der Waals surface area contributed by atoms with Crippen molar-refractivity contribution in [3.63, 3.8) is 0 Å². The first kappa shape index (κ1) is 24.4. The van der Waals surface area contributed by atoms with Crippen LogP contribution in [-0.2, 0) is 30.9 Å². The van der Waals surface area contributed by atoms with Gasteiger partial charge in [0.2, 0.25) is 0 Å². The van der Waals surface area contributed by atoms with E-state index in [-0.39, 0.29) is 5.57 Å². The van der Waals surface area contributed by atoms with Crippen LogP contribution < -0.4 is 15.0 Å². The van der Waals surface area contributed by atoms with Gasteiger partial charge in [0.1, 0.15) is 37.1 Å². The van der Waals surface area contributed by atoms with Crippen molar-refractivity contribution in [2.24, 2.45) is 0 Å². The monoisotopic (exact) mass is 507 g/mol. The third-order valence-corrected chi connectivity index (χ3v) is 7.24. The van der Waals surface area contributed by atoms with Crippen molar-refractivity contribution in [1.82, 2.24) is 4.98 Å². The van der Waals surface area contributed by atoms with Crippen molar-refractivity contribution >= 4 is 28.5 Å². The fourth-order valence-corrected chi connectivity index (χ4v) is 5.37. The molecule has 2 heterocycles. The number of carbonyl (C=O) groups excluding carboxylic acids is 1. The number of nitrogens with zero attached hydrogens (tertiary/aromatic N) is 2. The maximum Gasteiger partial charge on any atom is 0.268 e. The van der Waals surface area contributed by atoms with Crippen LogP contribution >= 0.6 is 11.3 Å². The van der Waals surface area contributed by atoms with Gasteiger partial charge in [0.25, 0.3) is 5.91 Å². The molecule has 6 nitrogen and oxygen atoms in total. The average Bonchev–Trinajstić information content (AvgIpc) is 3.33. The highest BCUT2D eigenvalue weighted by molar-refractivity contribution is 7.15. The quantitative estimate of drug-likeness (QED) is 0.274. The van der Waals surface area contributed by atoms with Gasteiger partial charge in [-0.3, -0.25) is 10.1 Å². The summed E-state index contributed by atoms with van der Waals surface area (Å²) in [4.78, 5) is 20.1. The Hall–Kier alpha value is -4.25. The number of ether oxygens (including phenoxy) is 1. The number of rotatable bonds is 8. The number of carbonyl (C=O) groups is 1. The molecule has 5 rings (SSSR count). The summed E-state index contributed by atoms with van der Waals surface area (Å²) < 4.78 is 5.81. The van der Waals surface area contributed by atoms with Crippen LogP contribution in [0.3, 0.4) is 0 Å². The smallest absolute Gasteiger partial charge is 0.268 e. The third-order valence-electron chi connectivity index (χ3n) is 6.23. The zero-order chi connectivity index (χ0) is 25.5. The summed E-state index contributed by atoms with van der Waals surface area (Å²) in [5.41, 5.74) is 4.23. The van der Waals surface area contributed by atoms with E-state index in [0.717, 1.165) is 48.6 Å². The van der Waals surface area contributed by atoms with Crippen molar-refractivity contribution < 1.29 is 14.4 Å². The summed E-state index contributed by atoms with van der Waals surface area (Å²) in [5, 5.41) is 13.0. The molecule has 0 spiro atoms. The lowest BCUT2D eigenvalue weighted by Crippen LogP contribution is -3.10. The largest absolute Gasteiger partial charge is 0.489 e. The molecule has 2 N–H and O–H groups in total. The summed E-state index contributed by atoms with van der Waals surface area (Å²) in [6.07, 6.45) is 2.46. The summed E-state index contributed by atoms with van der Waals surface area (Å²) in [5.74, 6) is 0.271. The number of nitriles is 1. The first-order valence-electron chi connectivity index (χ1n) is 12.2. The van der Waals surface area contributed by atoms with E-state index in [0.29, 0.717) is 11.7 Å². The van der Waals surface area contributed by atoms with Crippen LogP contribution in [0.2, 0.25) is 0 Å². The molecule has 7 heteroatoms. The lowest BCUT2D eigenvalue weighted by molar-refractivity contribution is -0.929. The Morgan fingerprint density at radius 1 is 1.03 bits per heavy atom. The molecule has 1 aliphatic rings. The topological polar surface area (TPSA) is 79.4 Å². The average molecular weight is 508 g/mol. The lowest BCUT2D eigenvalue weighted by Gasteiger charge is -2.22. The zero-order valence-electron chi connectivity index (χ0n) is 20.3. The van der Waals surface area contributed by atoms with Gasteiger partial charge in [-0.1, -0.05) is 84.1 Å². The Bertz CT molecular complexity index is 1420. The predicted octanol–water partition coefficient (Wildman–Crippen LogP) is 4.41. The van der Waals surface area contributed by atoms with E-state index in [1.807, 2.05) is 66.7 Å². The number of nitrogens with one attached hydrogen (secondary N) is 2. The lowest BCUT2D eigenvalue weighted by atomic mass is 10.1. The van der Waals surface area contributed by atoms with Gasteiger partial charge in [-0.15, -0.1) is 0 Å². The van der Waals surface area contributed by atoms with Crippen LogP contribution in [0.5, 0.6) is 5.75 Å². The minimum Gasteiger partial charge on any atom is -0.489 e. The number of anilines is 1. The molecule has 184 valence electrons. The summed E-state index contributed by atoms with van der Waals surface area (Å²) in [6.45, 7) is 3.34. The molecule has 37 heavy (non-hydrogen) atoms. The fraction of sp³-hybridized carbons (Fsp3) is 0.167. The summed E-state index contributed by atoms with van der Waals surface area (Å²) >= 11 is 1.50. The minimum atomic E-state index is -0.452. The second-order valence-corrected chi connectivity index (χ2v) is 10.0. The van der Waals surface area contributed by atoms with Gasteiger partial charge in [0, 0.05) is 12.0 Å². The standard InChI is InChI=1S/C30H26N4O2S/c31-18-25(17-22-11-13-26(14-12-22)36-21-24-9-5-2-6-10-24)29(35)33-30-32-27-15-16-34(20-28(27)37-30)19-23-7-3-1-4-8-23/h1-14,17H,15-16,19-21H2,(H,32,33,35)/p+1/b25-17+. The molecule has 0 aliphatic carbocycles. The van der Waals surface area contributed by atoms with Gasteiger partial charge >= 0.3 is 0 Å². The number of benzene rings is 3. The maximum atomic E-state index is 12.8. The number of thiazole rings is 1. The van der Waals surface area contributed by atoms with Gasteiger partial charge in [0.05, 0.1) is 17.1 Å². The van der Waals surface area contributed by atoms with Crippen molar-refractivity contribution in [1.29, 1.82) is 5.26 Å². The number of quaternary nitrogens is 1. The summed E-state index contributed by atoms with van der Waals surface area (Å²) in [7, 11) is 0. The number of hydrogen-bond acceptors (Lipinski definition) is 5. The van der Waals surface area contributed by atoms with Crippen LogP contribution in [0.25, 0.3) is 6.08 Å². The molecular weight excluding hydrogens is 480 g/mol. The van der Waals surface area contributed by atoms with Gasteiger partial charge < -0.3 is 9.64 Å². The Balaban J connectivity index is 1.19. The fourth-order valence-electron chi connectivity index (χ4n) is 4.30. The summed E-state index contributed by atoms with van der Waals surface area (Å²) in [6, 6.07) is 29.8. The van der Waals surface area contributed by atoms with E-state index in [1.54, 1.807) is 6.08 Å². The molecule has 4 aromatic rings. The molecule has 0 fully saturated rings. The molecule has 0 radical (unpaired) electrons. The van der Waals surface area contributed by atoms with Crippen molar-refractivity contribution in [3.05, 3.63) is 118 Å². The predicted molar refractivity (Wildman–Crippen MR) is 145 cm³/mol. The van der Waals surface area contributed by atoms with Gasteiger partial charge in [-0.25, -0.2) is 4.98 Å². The Morgan fingerprint density at radius 2 is 1.73 bits per heavy atom. The molecule has 3 aromatic carbocycles. The second-order valence-electron chi connectivity index (χ2n) is 8.95. The van der Waals surface area contributed by atoms with Crippen molar-refractivity contribution in [2.45, 2.75) is 26.1 Å². The zero-order valence-corrected chi connectivity index (χ0v) is 21.1. The van der Waals surface area contributed by atoms with Crippen molar-refractivity contribution in [3.8, 4) is 11.8 Å². The minimum absolute atomic E-state index is 0.0301. The van der Waals surface area contributed by atoms with E-state index >= 15 is 0 Å². The van der Waals surface area contributed by atoms with Crippen LogP contribution in [0.4, 0.5) is 5.13 Å². The van der Waals surface area contributed by atoms with Crippen LogP contribution in [0.15, 0.2) is 90.5 Å². The first-order chi connectivity index (χ1) is 18.2. The second kappa shape index (κ2) is 11.7. The Labute approximate surface area is 220 Å². The molecule has 0 bridgehead atoms. The SMILES string of the molecule is N#C/C(=C\c1ccc(OCc2ccccc2)cc1)C(=O)Nc1nc2c(s1)C[NH+](Cc1ccccc1)CC2. The van der Waals surface area contributed by atoms with Crippen LogP contribution in [-0.4, -0.2) is 17.4 Å². The third kappa shape index (κ3) is 6.50. The highest BCUT2D eigenvalue weighted by Gasteiger charge is 2.24. The highest BCUT2D eigenvalue weighted by Crippen LogP contribution is 2.25. The van der Waals surface area contributed by atoms with Gasteiger partial charge in [-0.05, 0) is 29.3 Å². The van der Waals surface area contributed by atoms with E-state index in [4.69, 9.17) is 4.74 Å². The number of hydrogen-bond donors (Lipinski definition) is 2. The Kier molecular flexibility index (Phi) is 7.70. The molecular formula is C30H27N4O2S+. The van der Waals surface area contributed by atoms with Gasteiger partial charge in [0.15, 0.2) is 5.13 Å². The molecule has 1 unspecified atom stereocenters. The molecule has 1 amide bonds. The number of amides is 1. The normalized spacial score (nSPS) is 14.9. The van der Waals surface area contributed by atoms with Crippen LogP contribution in [0.1, 0.15) is 27.3 Å². The number of fused-ring (bicyclic) bond motifs is 1. The molecule has 0 saturated carbocycles. The van der Waals surface area contributed by atoms with E-state index < -0.39 is 5.91 Å². The number of aromatic nitrogens is 1. The molecule has 0 saturated heterocycles. The molecule has 1 aliphatic heterocycles. The van der Waals surface area contributed by atoms with Crippen LogP contribution in [0, 0.1) is 11.3 Å². The van der Waals surface area contributed by atoms with E-state index in [1.165, 1.54) is 26.7 Å².